The van der Waals surface area contributed by atoms with Gasteiger partial charge in [-0.2, -0.15) is 5.26 Å². The van der Waals surface area contributed by atoms with E-state index >= 15 is 0 Å². The van der Waals surface area contributed by atoms with Crippen molar-refractivity contribution in [1.29, 1.82) is 5.26 Å². The molecule has 0 bridgehead atoms. The second-order valence-corrected chi connectivity index (χ2v) is 5.60. The van der Waals surface area contributed by atoms with Gasteiger partial charge in [-0.15, -0.1) is 0 Å². The van der Waals surface area contributed by atoms with Crippen LogP contribution in [0.2, 0.25) is 0 Å². The normalized spacial score (nSPS) is 27.7. The summed E-state index contributed by atoms with van der Waals surface area (Å²) < 4.78 is 0. The third kappa shape index (κ3) is 2.55. The lowest BCUT2D eigenvalue weighted by atomic mass is 9.92. The topological polar surface area (TPSA) is 53.0 Å². The van der Waals surface area contributed by atoms with Gasteiger partial charge in [0.05, 0.1) is 6.07 Å². The van der Waals surface area contributed by atoms with E-state index in [9.17, 15) is 5.26 Å². The van der Waals surface area contributed by atoms with Crippen LogP contribution in [-0.4, -0.2) is 24.5 Å². The lowest BCUT2D eigenvalue weighted by Crippen LogP contribution is -2.46. The van der Waals surface area contributed by atoms with Crippen LogP contribution in [0.3, 0.4) is 0 Å². The number of likely N-dealkylation sites (tertiary alicyclic amines) is 1. The molecule has 2 N–H and O–H groups in total. The minimum Gasteiger partial charge on any atom is -0.309 e. The number of benzene rings is 1. The Kier molecular flexibility index (Phi) is 3.70. The zero-order valence-corrected chi connectivity index (χ0v) is 11.1. The molecule has 0 spiro atoms. The Morgan fingerprint density at radius 3 is 2.33 bits per heavy atom. The predicted octanol–water partition coefficient (Wildman–Crippen LogP) is 1.95. The van der Waals surface area contributed by atoms with Crippen LogP contribution in [0.1, 0.15) is 19.4 Å². The summed E-state index contributed by atoms with van der Waals surface area (Å²) in [5.74, 6) is 1.37. The van der Waals surface area contributed by atoms with Gasteiger partial charge < -0.3 is 5.73 Å². The highest BCUT2D eigenvalue weighted by molar-refractivity contribution is 5.31. The summed E-state index contributed by atoms with van der Waals surface area (Å²) in [4.78, 5) is 2.31. The van der Waals surface area contributed by atoms with Gasteiger partial charge in [0.15, 0.2) is 0 Å². The highest BCUT2D eigenvalue weighted by atomic mass is 15.2. The first kappa shape index (κ1) is 13.1. The van der Waals surface area contributed by atoms with Gasteiger partial charge in [0.1, 0.15) is 5.54 Å². The van der Waals surface area contributed by atoms with Crippen LogP contribution < -0.4 is 5.73 Å². The smallest absolute Gasteiger partial charge is 0.142 e. The number of rotatable bonds is 3. The number of nitriles is 1. The lowest BCUT2D eigenvalue weighted by molar-refractivity contribution is 0.272. The van der Waals surface area contributed by atoms with Crippen molar-refractivity contribution in [1.82, 2.24) is 4.90 Å². The first-order chi connectivity index (χ1) is 8.55. The summed E-state index contributed by atoms with van der Waals surface area (Å²) >= 11 is 0. The van der Waals surface area contributed by atoms with E-state index in [2.05, 4.69) is 24.8 Å². The van der Waals surface area contributed by atoms with E-state index in [1.54, 1.807) is 0 Å². The Labute approximate surface area is 109 Å². The van der Waals surface area contributed by atoms with Crippen LogP contribution in [-0.2, 0) is 5.54 Å². The van der Waals surface area contributed by atoms with Crippen LogP contribution in [0.5, 0.6) is 0 Å². The van der Waals surface area contributed by atoms with Crippen LogP contribution in [0.4, 0.5) is 0 Å². The first-order valence-electron chi connectivity index (χ1n) is 6.53. The minimum absolute atomic E-state index is 0.613. The standard InChI is InChI=1S/C15H21N3/c1-12-8-18(9-13(12)2)11-15(17,10-16)14-6-4-3-5-7-14/h3-7,12-13H,8-9,11,17H2,1-2H3. The zero-order chi connectivity index (χ0) is 13.2. The van der Waals surface area contributed by atoms with E-state index in [0.29, 0.717) is 18.4 Å². The van der Waals surface area contributed by atoms with Crippen LogP contribution in [0.15, 0.2) is 30.3 Å². The molecule has 1 aromatic rings. The number of nitrogens with zero attached hydrogens (tertiary/aromatic N) is 2. The molecule has 96 valence electrons. The lowest BCUT2D eigenvalue weighted by Gasteiger charge is -2.28. The van der Waals surface area contributed by atoms with Crippen molar-refractivity contribution in [3.05, 3.63) is 35.9 Å². The van der Waals surface area contributed by atoms with Gasteiger partial charge in [0.25, 0.3) is 0 Å². The summed E-state index contributed by atoms with van der Waals surface area (Å²) in [6.45, 7) is 7.21. The van der Waals surface area contributed by atoms with Gasteiger partial charge in [-0.05, 0) is 17.4 Å². The third-order valence-electron chi connectivity index (χ3n) is 4.03. The number of hydrogen-bond acceptors (Lipinski definition) is 3. The maximum atomic E-state index is 9.43. The third-order valence-corrected chi connectivity index (χ3v) is 4.03. The van der Waals surface area contributed by atoms with Crippen molar-refractivity contribution in [3.8, 4) is 6.07 Å². The van der Waals surface area contributed by atoms with Crippen LogP contribution in [0.25, 0.3) is 0 Å². The molecule has 1 aliphatic rings. The largest absolute Gasteiger partial charge is 0.309 e. The average molecular weight is 243 g/mol. The maximum absolute atomic E-state index is 9.43. The van der Waals surface area contributed by atoms with Crippen molar-refractivity contribution >= 4 is 0 Å². The highest BCUT2D eigenvalue weighted by Gasteiger charge is 2.34. The van der Waals surface area contributed by atoms with E-state index in [0.717, 1.165) is 18.7 Å². The monoisotopic (exact) mass is 243 g/mol. The van der Waals surface area contributed by atoms with Gasteiger partial charge in [0, 0.05) is 19.6 Å². The van der Waals surface area contributed by atoms with E-state index in [1.165, 1.54) is 0 Å². The van der Waals surface area contributed by atoms with Crippen LogP contribution >= 0.6 is 0 Å². The second-order valence-electron chi connectivity index (χ2n) is 5.60. The first-order valence-corrected chi connectivity index (χ1v) is 6.53. The molecule has 3 nitrogen and oxygen atoms in total. The molecule has 0 aromatic heterocycles. The summed E-state index contributed by atoms with van der Waals surface area (Å²) in [5, 5.41) is 9.43. The molecule has 3 heteroatoms. The van der Waals surface area contributed by atoms with Gasteiger partial charge in [0.2, 0.25) is 0 Å². The van der Waals surface area contributed by atoms with Crippen molar-refractivity contribution in [2.45, 2.75) is 19.4 Å². The Balaban J connectivity index is 2.13. The summed E-state index contributed by atoms with van der Waals surface area (Å²) in [6, 6.07) is 12.0. The number of nitrogens with two attached hydrogens (primary N) is 1. The van der Waals surface area contributed by atoms with E-state index in [1.807, 2.05) is 30.3 Å². The summed E-state index contributed by atoms with van der Waals surface area (Å²) in [5.41, 5.74) is 6.29. The van der Waals surface area contributed by atoms with E-state index in [-0.39, 0.29) is 0 Å². The maximum Gasteiger partial charge on any atom is 0.142 e. The Hall–Kier alpha value is -1.37. The average Bonchev–Trinajstić information content (AvgIpc) is 2.69. The second kappa shape index (κ2) is 5.09. The fraction of sp³-hybridized carbons (Fsp3) is 0.533. The summed E-state index contributed by atoms with van der Waals surface area (Å²) in [6.07, 6.45) is 0. The van der Waals surface area contributed by atoms with Crippen molar-refractivity contribution in [2.24, 2.45) is 17.6 Å². The zero-order valence-electron chi connectivity index (χ0n) is 11.1. The molecular weight excluding hydrogens is 222 g/mol. The highest BCUT2D eigenvalue weighted by Crippen LogP contribution is 2.26. The molecule has 2 rings (SSSR count). The SMILES string of the molecule is CC1CN(CC(N)(C#N)c2ccccc2)CC1C. The fourth-order valence-corrected chi connectivity index (χ4v) is 2.66. The minimum atomic E-state index is -0.898. The Morgan fingerprint density at radius 2 is 1.83 bits per heavy atom. The van der Waals surface area contributed by atoms with Crippen molar-refractivity contribution < 1.29 is 0 Å². The molecule has 18 heavy (non-hydrogen) atoms. The van der Waals surface area contributed by atoms with Gasteiger partial charge in [-0.1, -0.05) is 44.2 Å². The molecule has 0 amide bonds. The van der Waals surface area contributed by atoms with Crippen molar-refractivity contribution in [3.63, 3.8) is 0 Å². The molecule has 1 aliphatic heterocycles. The van der Waals surface area contributed by atoms with Crippen molar-refractivity contribution in [2.75, 3.05) is 19.6 Å². The van der Waals surface area contributed by atoms with E-state index < -0.39 is 5.54 Å². The molecule has 1 saturated heterocycles. The van der Waals surface area contributed by atoms with E-state index in [4.69, 9.17) is 5.73 Å². The molecule has 1 heterocycles. The molecule has 0 saturated carbocycles. The van der Waals surface area contributed by atoms with Gasteiger partial charge in [-0.25, -0.2) is 0 Å². The molecule has 3 unspecified atom stereocenters. The molecule has 1 fully saturated rings. The molecule has 1 aromatic carbocycles. The fourth-order valence-electron chi connectivity index (χ4n) is 2.66. The Bertz CT molecular complexity index is 427. The van der Waals surface area contributed by atoms with Gasteiger partial charge in [-0.3, -0.25) is 4.90 Å². The molecule has 3 atom stereocenters. The molecule has 0 radical (unpaired) electrons. The molecule has 0 aliphatic carbocycles. The van der Waals surface area contributed by atoms with Gasteiger partial charge >= 0.3 is 0 Å². The van der Waals surface area contributed by atoms with Crippen LogP contribution in [0, 0.1) is 23.2 Å². The molecular formula is C15H21N3. The predicted molar refractivity (Wildman–Crippen MR) is 72.7 cm³/mol. The number of hydrogen-bond donors (Lipinski definition) is 1. The quantitative estimate of drug-likeness (QED) is 0.883. The summed E-state index contributed by atoms with van der Waals surface area (Å²) in [7, 11) is 0. The Morgan fingerprint density at radius 1 is 1.28 bits per heavy atom.